The number of nitrogens with zero attached hydrogens (tertiary/aromatic N) is 3. The second kappa shape index (κ2) is 7.69. The van der Waals surface area contributed by atoms with Crippen molar-refractivity contribution < 1.29 is 4.79 Å². The average Bonchev–Trinajstić information content (AvgIpc) is 2.57. The van der Waals surface area contributed by atoms with Crippen molar-refractivity contribution in [2.75, 3.05) is 11.1 Å². The molecule has 0 radical (unpaired) electrons. The van der Waals surface area contributed by atoms with Gasteiger partial charge in [0.25, 0.3) is 0 Å². The summed E-state index contributed by atoms with van der Waals surface area (Å²) in [6, 6.07) is 11.9. The summed E-state index contributed by atoms with van der Waals surface area (Å²) in [5.41, 5.74) is 6.63. The van der Waals surface area contributed by atoms with Crippen LogP contribution in [0.5, 0.6) is 0 Å². The van der Waals surface area contributed by atoms with E-state index in [1.54, 1.807) is 31.2 Å². The molecule has 1 amide bonds. The van der Waals surface area contributed by atoms with Crippen LogP contribution >= 0.6 is 23.4 Å². The van der Waals surface area contributed by atoms with Gasteiger partial charge in [-0.2, -0.15) is 10.5 Å². The second-order valence-electron chi connectivity index (χ2n) is 4.75. The lowest BCUT2D eigenvalue weighted by molar-refractivity contribution is -0.115. The maximum atomic E-state index is 12.3. The number of amides is 1. The van der Waals surface area contributed by atoms with E-state index in [9.17, 15) is 10.1 Å². The number of carbonyl (C=O) groups excluding carboxylic acids is 1. The molecule has 0 unspecified atom stereocenters. The maximum absolute atomic E-state index is 12.3. The van der Waals surface area contributed by atoms with Crippen LogP contribution in [0.2, 0.25) is 5.02 Å². The number of rotatable bonds is 4. The van der Waals surface area contributed by atoms with Gasteiger partial charge in [-0.05, 0) is 37.3 Å². The summed E-state index contributed by atoms with van der Waals surface area (Å²) in [5.74, 6) is -0.222. The van der Waals surface area contributed by atoms with Gasteiger partial charge in [0.05, 0.1) is 16.4 Å². The van der Waals surface area contributed by atoms with E-state index in [2.05, 4.69) is 10.3 Å². The number of nitrogens with two attached hydrogens (primary N) is 1. The maximum Gasteiger partial charge on any atom is 0.237 e. The molecule has 3 N–H and O–H groups in total. The zero-order valence-electron chi connectivity index (χ0n) is 12.6. The summed E-state index contributed by atoms with van der Waals surface area (Å²) in [5, 5.41) is 21.2. The largest absolute Gasteiger partial charge is 0.383 e. The zero-order valence-corrected chi connectivity index (χ0v) is 14.1. The Hall–Kier alpha value is -2.74. The summed E-state index contributed by atoms with van der Waals surface area (Å²) >= 11 is 6.90. The zero-order chi connectivity index (χ0) is 17.7. The third-order valence-corrected chi connectivity index (χ3v) is 4.38. The number of hydrogen-bond donors (Lipinski definition) is 2. The summed E-state index contributed by atoms with van der Waals surface area (Å²) in [6.45, 7) is 1.69. The molecule has 2 rings (SSSR count). The Kier molecular flexibility index (Phi) is 5.64. The number of anilines is 2. The molecule has 0 aliphatic heterocycles. The fourth-order valence-electron chi connectivity index (χ4n) is 1.77. The van der Waals surface area contributed by atoms with Crippen LogP contribution in [0, 0.1) is 22.7 Å². The highest BCUT2D eigenvalue weighted by Crippen LogP contribution is 2.28. The van der Waals surface area contributed by atoms with E-state index in [1.807, 2.05) is 12.1 Å². The van der Waals surface area contributed by atoms with Gasteiger partial charge in [-0.25, -0.2) is 4.98 Å². The quantitative estimate of drug-likeness (QED) is 0.812. The Bertz CT molecular complexity index is 854. The predicted octanol–water partition coefficient (Wildman–Crippen LogP) is 3.18. The van der Waals surface area contributed by atoms with Crippen LogP contribution in [0.3, 0.4) is 0 Å². The number of carbonyl (C=O) groups is 1. The first-order valence-electron chi connectivity index (χ1n) is 6.78. The number of pyridine rings is 1. The van der Waals surface area contributed by atoms with Crippen molar-refractivity contribution >= 4 is 40.8 Å². The topological polar surface area (TPSA) is 116 Å². The highest BCUT2D eigenvalue weighted by Gasteiger charge is 2.19. The molecule has 0 aliphatic carbocycles. The molecule has 2 aromatic rings. The molecule has 1 aromatic heterocycles. The Balaban J connectivity index is 2.14. The number of nitrogens with one attached hydrogen (secondary N) is 1. The number of thioether (sulfide) groups is 1. The first kappa shape index (κ1) is 17.6. The minimum atomic E-state index is -0.521. The van der Waals surface area contributed by atoms with Crippen molar-refractivity contribution in [1.29, 1.82) is 10.5 Å². The van der Waals surface area contributed by atoms with Crippen LogP contribution in [0.25, 0.3) is 0 Å². The van der Waals surface area contributed by atoms with E-state index < -0.39 is 5.25 Å². The molecule has 24 heavy (non-hydrogen) atoms. The molecule has 0 saturated carbocycles. The molecular weight excluding hydrogens is 346 g/mol. The van der Waals surface area contributed by atoms with Gasteiger partial charge < -0.3 is 11.1 Å². The lowest BCUT2D eigenvalue weighted by atomic mass is 10.2. The molecule has 1 heterocycles. The van der Waals surface area contributed by atoms with Crippen LogP contribution in [0.4, 0.5) is 11.5 Å². The summed E-state index contributed by atoms with van der Waals surface area (Å²) < 4.78 is 0. The first-order valence-corrected chi connectivity index (χ1v) is 8.04. The van der Waals surface area contributed by atoms with Crippen molar-refractivity contribution in [3.05, 3.63) is 46.5 Å². The Labute approximate surface area is 148 Å². The van der Waals surface area contributed by atoms with Gasteiger partial charge in [0.15, 0.2) is 0 Å². The second-order valence-corrected chi connectivity index (χ2v) is 6.52. The third kappa shape index (κ3) is 4.17. The van der Waals surface area contributed by atoms with Gasteiger partial charge in [0, 0.05) is 10.7 Å². The van der Waals surface area contributed by atoms with Crippen molar-refractivity contribution in [3.63, 3.8) is 0 Å². The Morgan fingerprint density at radius 2 is 1.92 bits per heavy atom. The van der Waals surface area contributed by atoms with Gasteiger partial charge >= 0.3 is 0 Å². The summed E-state index contributed by atoms with van der Waals surface area (Å²) in [6.07, 6.45) is 0. The normalized spacial score (nSPS) is 11.2. The predicted molar refractivity (Wildman–Crippen MR) is 93.5 cm³/mol. The molecule has 1 atom stereocenters. The van der Waals surface area contributed by atoms with Crippen molar-refractivity contribution in [2.24, 2.45) is 0 Å². The number of benzene rings is 1. The van der Waals surface area contributed by atoms with E-state index in [0.717, 1.165) is 11.8 Å². The third-order valence-electron chi connectivity index (χ3n) is 3.03. The lowest BCUT2D eigenvalue weighted by Gasteiger charge is -2.13. The fourth-order valence-corrected chi connectivity index (χ4v) is 2.78. The van der Waals surface area contributed by atoms with Crippen LogP contribution in [0.15, 0.2) is 35.4 Å². The lowest BCUT2D eigenvalue weighted by Crippen LogP contribution is -2.22. The van der Waals surface area contributed by atoms with Crippen LogP contribution in [-0.2, 0) is 4.79 Å². The number of nitrogen functional groups attached to an aromatic ring is 1. The van der Waals surface area contributed by atoms with E-state index >= 15 is 0 Å². The highest BCUT2D eigenvalue weighted by molar-refractivity contribution is 8.00. The standard InChI is InChI=1S/C16H12ClN5OS/c1-9(15(23)21-13-4-2-12(17)3-5-13)24-16-11(8-19)6-10(7-18)14(20)22-16/h2-6,9H,1H3,(H2,20,22)(H,21,23)/t9-/m0/s1. The van der Waals surface area contributed by atoms with Crippen molar-refractivity contribution in [3.8, 4) is 12.1 Å². The van der Waals surface area contributed by atoms with Crippen LogP contribution < -0.4 is 11.1 Å². The molecular formula is C16H12ClN5OS. The van der Waals surface area contributed by atoms with Crippen molar-refractivity contribution in [2.45, 2.75) is 17.2 Å². The summed E-state index contributed by atoms with van der Waals surface area (Å²) in [4.78, 5) is 16.3. The van der Waals surface area contributed by atoms with Gasteiger partial charge in [0.2, 0.25) is 5.91 Å². The van der Waals surface area contributed by atoms with Gasteiger partial charge in [-0.1, -0.05) is 23.4 Å². The Morgan fingerprint density at radius 3 is 2.50 bits per heavy atom. The Morgan fingerprint density at radius 1 is 1.29 bits per heavy atom. The minimum absolute atomic E-state index is 0.0318. The van der Waals surface area contributed by atoms with Gasteiger partial charge in [0.1, 0.15) is 23.0 Å². The van der Waals surface area contributed by atoms with Crippen LogP contribution in [-0.4, -0.2) is 16.1 Å². The molecule has 0 bridgehead atoms. The van der Waals surface area contributed by atoms with E-state index in [-0.39, 0.29) is 22.9 Å². The highest BCUT2D eigenvalue weighted by atomic mass is 35.5. The average molecular weight is 358 g/mol. The SMILES string of the molecule is C[C@H](Sc1nc(N)c(C#N)cc1C#N)C(=O)Nc1ccc(Cl)cc1. The molecule has 0 aliphatic rings. The van der Waals surface area contributed by atoms with E-state index in [0.29, 0.717) is 15.7 Å². The monoisotopic (exact) mass is 357 g/mol. The number of nitriles is 2. The molecule has 120 valence electrons. The summed E-state index contributed by atoms with van der Waals surface area (Å²) in [7, 11) is 0. The molecule has 0 saturated heterocycles. The van der Waals surface area contributed by atoms with Gasteiger partial charge in [-0.3, -0.25) is 4.79 Å². The first-order chi connectivity index (χ1) is 11.4. The molecule has 0 spiro atoms. The molecule has 1 aromatic carbocycles. The molecule has 0 fully saturated rings. The number of halogens is 1. The van der Waals surface area contributed by atoms with E-state index in [4.69, 9.17) is 22.6 Å². The van der Waals surface area contributed by atoms with Crippen LogP contribution in [0.1, 0.15) is 18.1 Å². The molecule has 8 heteroatoms. The number of hydrogen-bond acceptors (Lipinski definition) is 6. The number of aromatic nitrogens is 1. The fraction of sp³-hybridized carbons (Fsp3) is 0.125. The van der Waals surface area contributed by atoms with Crippen molar-refractivity contribution in [1.82, 2.24) is 4.98 Å². The smallest absolute Gasteiger partial charge is 0.237 e. The van der Waals surface area contributed by atoms with E-state index in [1.165, 1.54) is 6.07 Å². The minimum Gasteiger partial charge on any atom is -0.383 e. The molecule has 6 nitrogen and oxygen atoms in total. The van der Waals surface area contributed by atoms with Gasteiger partial charge in [-0.15, -0.1) is 0 Å².